The number of carbonyl (C=O) groups is 1. The molecule has 5 aromatic rings. The van der Waals surface area contributed by atoms with Crippen LogP contribution in [-0.4, -0.2) is 68.1 Å². The van der Waals surface area contributed by atoms with Crippen molar-refractivity contribution in [3.05, 3.63) is 72.4 Å². The molecule has 41 heavy (non-hydrogen) atoms. The van der Waals surface area contributed by atoms with Crippen molar-refractivity contribution in [3.8, 4) is 11.5 Å². The Morgan fingerprint density at radius 3 is 2.83 bits per heavy atom. The Morgan fingerprint density at radius 1 is 1.20 bits per heavy atom. The Balaban J connectivity index is 1.29. The number of nitrogens with zero attached hydrogens (tertiary/aromatic N) is 6. The van der Waals surface area contributed by atoms with Crippen LogP contribution in [0.3, 0.4) is 0 Å². The second-order valence-corrected chi connectivity index (χ2v) is 9.98. The predicted octanol–water partition coefficient (Wildman–Crippen LogP) is 5.18. The summed E-state index contributed by atoms with van der Waals surface area (Å²) in [6.45, 7) is -0.578. The Hall–Kier alpha value is -4.52. The number of hydrogen-bond donors (Lipinski definition) is 1. The van der Waals surface area contributed by atoms with Crippen molar-refractivity contribution in [2.24, 2.45) is 4.99 Å². The Kier molecular flexibility index (Phi) is 6.81. The molecular weight excluding hydrogens is 542 g/mol. The van der Waals surface area contributed by atoms with E-state index in [1.54, 1.807) is 34.9 Å². The van der Waals surface area contributed by atoms with Crippen LogP contribution in [0.15, 0.2) is 70.4 Å². The van der Waals surface area contributed by atoms with Gasteiger partial charge in [-0.05, 0) is 43.4 Å². The van der Waals surface area contributed by atoms with Gasteiger partial charge < -0.3 is 23.7 Å². The summed E-state index contributed by atoms with van der Waals surface area (Å²) in [5.41, 5.74) is 2.30. The highest BCUT2D eigenvalue weighted by atomic mass is 19.4. The Morgan fingerprint density at radius 2 is 2.05 bits per heavy atom. The van der Waals surface area contributed by atoms with Crippen molar-refractivity contribution >= 4 is 33.7 Å². The zero-order chi connectivity index (χ0) is 28.7. The van der Waals surface area contributed by atoms with Crippen LogP contribution in [0.5, 0.6) is 0 Å². The third-order valence-electron chi connectivity index (χ3n) is 6.97. The molecule has 0 radical (unpaired) electrons. The van der Waals surface area contributed by atoms with Crippen LogP contribution in [0.25, 0.3) is 27.9 Å². The van der Waals surface area contributed by atoms with Gasteiger partial charge in [0.2, 0.25) is 11.7 Å². The number of aromatic nitrogens is 4. The van der Waals surface area contributed by atoms with Crippen molar-refractivity contribution in [2.75, 3.05) is 20.1 Å². The maximum absolute atomic E-state index is 14.7. The number of halogens is 4. The van der Waals surface area contributed by atoms with Crippen LogP contribution in [-0.2, 0) is 13.1 Å². The maximum Gasteiger partial charge on any atom is 0.406 e. The molecule has 212 valence electrons. The maximum atomic E-state index is 14.7. The number of likely N-dealkylation sites (tertiary alicyclic amines) is 1. The number of hydrogen-bond acceptors (Lipinski definition) is 6. The molecule has 1 aromatic carbocycles. The fourth-order valence-electron chi connectivity index (χ4n) is 4.98. The second-order valence-electron chi connectivity index (χ2n) is 9.98. The minimum atomic E-state index is -4.54. The molecule has 0 aliphatic carbocycles. The van der Waals surface area contributed by atoms with Gasteiger partial charge >= 0.3 is 6.18 Å². The minimum absolute atomic E-state index is 0.0213. The van der Waals surface area contributed by atoms with E-state index in [-0.39, 0.29) is 41.9 Å². The summed E-state index contributed by atoms with van der Waals surface area (Å²) >= 11 is 0. The Bertz CT molecular complexity index is 1740. The molecule has 1 atom stereocenters. The molecule has 4 aromatic heterocycles. The zero-order valence-corrected chi connectivity index (χ0v) is 21.9. The van der Waals surface area contributed by atoms with E-state index in [4.69, 9.17) is 4.52 Å². The first-order valence-electron chi connectivity index (χ1n) is 12.9. The molecule has 9 nitrogen and oxygen atoms in total. The first-order valence-corrected chi connectivity index (χ1v) is 12.9. The van der Waals surface area contributed by atoms with Crippen LogP contribution >= 0.6 is 0 Å². The van der Waals surface area contributed by atoms with Crippen molar-refractivity contribution in [2.45, 2.75) is 31.9 Å². The lowest BCUT2D eigenvalue weighted by molar-refractivity contribution is -0.139. The van der Waals surface area contributed by atoms with E-state index in [0.717, 1.165) is 10.1 Å². The van der Waals surface area contributed by atoms with Crippen molar-refractivity contribution in [1.82, 2.24) is 29.3 Å². The number of benzene rings is 1. The molecule has 0 saturated carbocycles. The molecule has 1 N–H and O–H groups in total. The van der Waals surface area contributed by atoms with E-state index in [0.29, 0.717) is 35.3 Å². The summed E-state index contributed by atoms with van der Waals surface area (Å²) in [4.78, 5) is 23.3. The van der Waals surface area contributed by atoms with E-state index < -0.39 is 18.9 Å². The van der Waals surface area contributed by atoms with Crippen LogP contribution in [0.4, 0.5) is 23.2 Å². The highest BCUT2D eigenvalue weighted by Crippen LogP contribution is 2.35. The number of piperidine rings is 1. The van der Waals surface area contributed by atoms with Gasteiger partial charge in [0.1, 0.15) is 6.54 Å². The highest BCUT2D eigenvalue weighted by Gasteiger charge is 2.31. The summed E-state index contributed by atoms with van der Waals surface area (Å²) in [7, 11) is 1.82. The molecule has 0 bridgehead atoms. The van der Waals surface area contributed by atoms with Crippen LogP contribution < -0.4 is 5.32 Å². The molecule has 1 fully saturated rings. The first kappa shape index (κ1) is 26.7. The van der Waals surface area contributed by atoms with Gasteiger partial charge in [-0.1, -0.05) is 17.3 Å². The summed E-state index contributed by atoms with van der Waals surface area (Å²) < 4.78 is 63.7. The van der Waals surface area contributed by atoms with E-state index in [1.807, 2.05) is 36.3 Å². The Labute approximate surface area is 231 Å². The van der Waals surface area contributed by atoms with E-state index in [1.165, 1.54) is 6.07 Å². The number of aliphatic imine (C=N–C) groups is 1. The summed E-state index contributed by atoms with van der Waals surface area (Å²) in [6.07, 6.45) is -1.89. The smallest absolute Gasteiger partial charge is 0.343 e. The number of rotatable bonds is 6. The molecule has 6 rings (SSSR count). The number of alkyl halides is 4. The quantitative estimate of drug-likeness (QED) is 0.286. The van der Waals surface area contributed by atoms with E-state index in [9.17, 15) is 22.4 Å². The van der Waals surface area contributed by atoms with Crippen LogP contribution in [0, 0.1) is 0 Å². The largest absolute Gasteiger partial charge is 0.406 e. The topological polar surface area (TPSA) is 93.0 Å². The van der Waals surface area contributed by atoms with Crippen molar-refractivity contribution in [1.29, 1.82) is 0 Å². The molecule has 0 unspecified atom stereocenters. The van der Waals surface area contributed by atoms with E-state index in [2.05, 4.69) is 20.4 Å². The third kappa shape index (κ3) is 5.57. The number of carbonyl (C=O) groups excluding carboxylic acids is 1. The number of nitrogens with one attached hydrogen (secondary N) is 1. The molecule has 1 aliphatic heterocycles. The van der Waals surface area contributed by atoms with Crippen LogP contribution in [0.2, 0.25) is 0 Å². The monoisotopic (exact) mass is 567 g/mol. The SMILES string of the molecule is CN1CCC(=Nc2cccc3c2cc(-c2noc(CNC(=O)c4cc5ccccn5c4)n2)n3CC(F)(F)F)[C@@H](F)C1. The average Bonchev–Trinajstić information content (AvgIpc) is 3.66. The molecule has 5 heterocycles. The standard InChI is InChI=1S/C28H25F4N7O2/c1-37-10-8-22(20(29)15-37)34-21-6-4-7-23-19(21)12-24(39(23)16-28(30,31)32)26-35-25(41-36-26)13-33-27(40)17-11-18-5-2-3-9-38(18)14-17/h2-7,9,11-12,14,20H,8,10,13,15-16H2,1H3,(H,33,40)/t20-/m0/s1. The minimum Gasteiger partial charge on any atom is -0.343 e. The van der Waals surface area contributed by atoms with Gasteiger partial charge in [-0.15, -0.1) is 0 Å². The van der Waals surface area contributed by atoms with Gasteiger partial charge in [0.15, 0.2) is 6.17 Å². The fourth-order valence-corrected chi connectivity index (χ4v) is 4.98. The van der Waals surface area contributed by atoms with Crippen molar-refractivity contribution < 1.29 is 26.9 Å². The molecule has 0 spiro atoms. The summed E-state index contributed by atoms with van der Waals surface area (Å²) in [5.74, 6) is -0.429. The number of pyridine rings is 1. The molecular formula is C28H25F4N7O2. The van der Waals surface area contributed by atoms with Crippen LogP contribution in [0.1, 0.15) is 22.7 Å². The van der Waals surface area contributed by atoms with Crippen molar-refractivity contribution in [3.63, 3.8) is 0 Å². The van der Waals surface area contributed by atoms with Gasteiger partial charge in [-0.2, -0.15) is 18.2 Å². The number of amides is 1. The normalized spacial score (nSPS) is 17.6. The lowest BCUT2D eigenvalue weighted by Crippen LogP contribution is -2.39. The summed E-state index contributed by atoms with van der Waals surface area (Å²) in [6, 6.07) is 13.6. The summed E-state index contributed by atoms with van der Waals surface area (Å²) in [5, 5.41) is 6.99. The fraction of sp³-hybridized carbons (Fsp3) is 0.286. The molecule has 13 heteroatoms. The second kappa shape index (κ2) is 10.5. The number of fused-ring (bicyclic) bond motifs is 2. The first-order chi connectivity index (χ1) is 19.6. The van der Waals surface area contributed by atoms with Gasteiger partial charge in [0.05, 0.1) is 34.7 Å². The zero-order valence-electron chi connectivity index (χ0n) is 21.9. The van der Waals surface area contributed by atoms with Gasteiger partial charge in [-0.25, -0.2) is 4.39 Å². The lowest BCUT2D eigenvalue weighted by atomic mass is 10.1. The molecule has 1 aliphatic rings. The average molecular weight is 568 g/mol. The van der Waals surface area contributed by atoms with Gasteiger partial charge in [0, 0.05) is 42.8 Å². The lowest BCUT2D eigenvalue weighted by Gasteiger charge is -2.26. The van der Waals surface area contributed by atoms with E-state index >= 15 is 0 Å². The predicted molar refractivity (Wildman–Crippen MR) is 144 cm³/mol. The van der Waals surface area contributed by atoms with Gasteiger partial charge in [-0.3, -0.25) is 9.79 Å². The van der Waals surface area contributed by atoms with Gasteiger partial charge in [0.25, 0.3) is 5.91 Å². The highest BCUT2D eigenvalue weighted by molar-refractivity contribution is 5.99. The molecule has 1 saturated heterocycles. The third-order valence-corrected chi connectivity index (χ3v) is 6.97. The molecule has 1 amide bonds.